The van der Waals surface area contributed by atoms with E-state index in [1.54, 1.807) is 37.3 Å². The zero-order chi connectivity index (χ0) is 27.8. The number of ether oxygens (including phenoxy) is 2. The molecule has 3 fully saturated rings. The lowest BCUT2D eigenvalue weighted by Crippen LogP contribution is -2.70. The highest BCUT2D eigenvalue weighted by Crippen LogP contribution is 2.72. The number of carbonyl (C=O) groups is 3. The van der Waals surface area contributed by atoms with Crippen LogP contribution in [-0.4, -0.2) is 52.7 Å². The quantitative estimate of drug-likeness (QED) is 0.430. The first-order valence-electron chi connectivity index (χ1n) is 13.1. The molecule has 0 aromatic heterocycles. The van der Waals surface area contributed by atoms with E-state index < -0.39 is 57.4 Å². The molecule has 0 spiro atoms. The van der Waals surface area contributed by atoms with Gasteiger partial charge in [-0.05, 0) is 67.9 Å². The molecule has 1 N–H and O–H groups in total. The van der Waals surface area contributed by atoms with Crippen molar-refractivity contribution in [3.63, 3.8) is 0 Å². The normalized spacial score (nSPS) is 43.4. The summed E-state index contributed by atoms with van der Waals surface area (Å²) in [5, 5.41) is 11.8. The first-order chi connectivity index (χ1) is 17.8. The second-order valence-electron chi connectivity index (χ2n) is 12.0. The highest BCUT2D eigenvalue weighted by molar-refractivity contribution is 6.26. The van der Waals surface area contributed by atoms with Gasteiger partial charge in [-0.2, -0.15) is 0 Å². The van der Waals surface area contributed by atoms with E-state index in [4.69, 9.17) is 21.1 Å². The van der Waals surface area contributed by atoms with Gasteiger partial charge in [-0.1, -0.05) is 44.5 Å². The molecule has 6 nitrogen and oxygen atoms in total. The Balaban J connectivity index is 1.62. The molecule has 5 rings (SSSR count). The molecule has 1 aromatic carbocycles. The zero-order valence-electron chi connectivity index (χ0n) is 22.3. The van der Waals surface area contributed by atoms with Crippen molar-refractivity contribution >= 4 is 29.3 Å². The summed E-state index contributed by atoms with van der Waals surface area (Å²) < 4.78 is 27.2. The van der Waals surface area contributed by atoms with Crippen molar-refractivity contribution in [1.29, 1.82) is 0 Å². The number of esters is 2. The minimum atomic E-state index is -1.71. The van der Waals surface area contributed by atoms with Gasteiger partial charge in [0.05, 0.1) is 23.7 Å². The zero-order valence-corrected chi connectivity index (χ0v) is 23.0. The van der Waals surface area contributed by atoms with E-state index in [2.05, 4.69) is 0 Å². The molecule has 0 aliphatic heterocycles. The van der Waals surface area contributed by atoms with Crippen molar-refractivity contribution in [2.45, 2.75) is 69.7 Å². The standard InChI is InChI=1S/C30H34ClFO6/c1-16-6-8-18(9-7-16)25(35)38-30(26(36)37-5)17(2)12-20-21-14-23(32)22-13-19(33)10-11-27(22,3)29(21,31)24(34)15-28(20,30)4/h6-11,13,17,20-21,23-24,34H,12,14-15H2,1-5H3/t17-,20?,21?,23+,24+,27+,28+,29+,30+/m1/s1. The molecule has 4 aliphatic rings. The van der Waals surface area contributed by atoms with Crippen LogP contribution in [0, 0.1) is 35.5 Å². The van der Waals surface area contributed by atoms with Gasteiger partial charge < -0.3 is 14.6 Å². The predicted molar refractivity (Wildman–Crippen MR) is 139 cm³/mol. The van der Waals surface area contributed by atoms with Crippen LogP contribution in [0.4, 0.5) is 4.39 Å². The van der Waals surface area contributed by atoms with E-state index in [-0.39, 0.29) is 30.1 Å². The highest BCUT2D eigenvalue weighted by Gasteiger charge is 2.78. The molecule has 0 saturated heterocycles. The first-order valence-corrected chi connectivity index (χ1v) is 13.5. The van der Waals surface area contributed by atoms with Gasteiger partial charge in [0.15, 0.2) is 5.78 Å². The maximum Gasteiger partial charge on any atom is 0.351 e. The summed E-state index contributed by atoms with van der Waals surface area (Å²) in [6.45, 7) is 7.32. The molecule has 0 amide bonds. The van der Waals surface area contributed by atoms with Crippen LogP contribution in [-0.2, 0) is 19.1 Å². The Labute approximate surface area is 227 Å². The number of aryl methyl sites for hydroxylation is 1. The van der Waals surface area contributed by atoms with Crippen LogP contribution in [0.25, 0.3) is 0 Å². The summed E-state index contributed by atoms with van der Waals surface area (Å²) in [5.74, 6) is -3.11. The molecule has 4 aliphatic carbocycles. The number of aliphatic hydroxyl groups is 1. The summed E-state index contributed by atoms with van der Waals surface area (Å²) in [6.07, 6.45) is 2.09. The number of methoxy groups -OCH3 is 1. The molecule has 3 saturated carbocycles. The third kappa shape index (κ3) is 3.30. The van der Waals surface area contributed by atoms with E-state index in [1.807, 2.05) is 20.8 Å². The number of ketones is 1. The molecule has 204 valence electrons. The Hall–Kier alpha value is -2.51. The summed E-state index contributed by atoms with van der Waals surface area (Å²) in [6, 6.07) is 6.85. The molecule has 9 atom stereocenters. The maximum absolute atomic E-state index is 15.8. The second-order valence-corrected chi connectivity index (χ2v) is 12.6. The summed E-state index contributed by atoms with van der Waals surface area (Å²) >= 11 is 7.41. The van der Waals surface area contributed by atoms with Crippen LogP contribution in [0.15, 0.2) is 48.1 Å². The number of aliphatic hydroxyl groups excluding tert-OH is 1. The van der Waals surface area contributed by atoms with E-state index >= 15 is 4.39 Å². The Morgan fingerprint density at radius 2 is 1.79 bits per heavy atom. The first kappa shape index (κ1) is 27.1. The Bertz CT molecular complexity index is 1260. The fourth-order valence-electron chi connectivity index (χ4n) is 8.26. The largest absolute Gasteiger partial charge is 0.466 e. The molecule has 1 aromatic rings. The minimum absolute atomic E-state index is 0.0146. The van der Waals surface area contributed by atoms with Crippen molar-refractivity contribution in [3.8, 4) is 0 Å². The van der Waals surface area contributed by atoms with Crippen molar-refractivity contribution in [1.82, 2.24) is 0 Å². The molecule has 0 heterocycles. The Morgan fingerprint density at radius 1 is 1.13 bits per heavy atom. The number of halogens is 2. The van der Waals surface area contributed by atoms with E-state index in [1.165, 1.54) is 19.3 Å². The van der Waals surface area contributed by atoms with Crippen molar-refractivity contribution in [2.75, 3.05) is 7.11 Å². The van der Waals surface area contributed by atoms with Gasteiger partial charge in [0.2, 0.25) is 5.60 Å². The average molecular weight is 545 g/mol. The lowest BCUT2D eigenvalue weighted by Gasteiger charge is -2.64. The van der Waals surface area contributed by atoms with Crippen LogP contribution in [0.3, 0.4) is 0 Å². The number of carbonyl (C=O) groups excluding carboxylic acids is 3. The third-order valence-corrected chi connectivity index (χ3v) is 11.1. The van der Waals surface area contributed by atoms with Crippen LogP contribution in [0.1, 0.15) is 56.0 Å². The second kappa shape index (κ2) is 8.75. The lowest BCUT2D eigenvalue weighted by atomic mass is 9.45. The molecule has 2 unspecified atom stereocenters. The van der Waals surface area contributed by atoms with Gasteiger partial charge >= 0.3 is 11.9 Å². The molecule has 8 heteroatoms. The van der Waals surface area contributed by atoms with Crippen LogP contribution < -0.4 is 0 Å². The maximum atomic E-state index is 15.8. The molecule has 0 radical (unpaired) electrons. The third-order valence-electron chi connectivity index (χ3n) is 10.2. The van der Waals surface area contributed by atoms with Gasteiger partial charge in [-0.3, -0.25) is 4.79 Å². The number of hydrogen-bond donors (Lipinski definition) is 1. The lowest BCUT2D eigenvalue weighted by molar-refractivity contribution is -0.199. The van der Waals surface area contributed by atoms with Crippen LogP contribution in [0.2, 0.25) is 0 Å². The molecule has 0 bridgehead atoms. The fourth-order valence-corrected chi connectivity index (χ4v) is 8.75. The smallest absolute Gasteiger partial charge is 0.351 e. The van der Waals surface area contributed by atoms with Gasteiger partial charge in [0.1, 0.15) is 6.17 Å². The topological polar surface area (TPSA) is 89.9 Å². The van der Waals surface area contributed by atoms with Crippen molar-refractivity contribution in [2.24, 2.45) is 28.6 Å². The van der Waals surface area contributed by atoms with Crippen molar-refractivity contribution in [3.05, 3.63) is 59.2 Å². The number of hydrogen-bond acceptors (Lipinski definition) is 6. The number of allylic oxidation sites excluding steroid dienone is 4. The van der Waals surface area contributed by atoms with Crippen LogP contribution in [0.5, 0.6) is 0 Å². The number of benzene rings is 1. The van der Waals surface area contributed by atoms with E-state index in [9.17, 15) is 19.5 Å². The minimum Gasteiger partial charge on any atom is -0.466 e. The molecular weight excluding hydrogens is 511 g/mol. The van der Waals surface area contributed by atoms with Gasteiger partial charge in [-0.25, -0.2) is 14.0 Å². The van der Waals surface area contributed by atoms with Gasteiger partial charge in [0.25, 0.3) is 0 Å². The predicted octanol–water partition coefficient (Wildman–Crippen LogP) is 4.90. The Kier molecular flexibility index (Phi) is 6.23. The summed E-state index contributed by atoms with van der Waals surface area (Å²) in [5.41, 5.74) is -2.37. The SMILES string of the molecule is COC(=O)[C@@]1(OC(=O)c2ccc(C)cc2)[C@H](C)CC2C3C[C@H](F)C4=CC(=O)C=C[C@]4(C)[C@@]3(Cl)[C@@H](O)C[C@@]21C. The molecule has 38 heavy (non-hydrogen) atoms. The summed E-state index contributed by atoms with van der Waals surface area (Å²) in [4.78, 5) is 37.8. The molecular formula is C30H34ClFO6. The van der Waals surface area contributed by atoms with E-state index in [0.717, 1.165) is 5.56 Å². The summed E-state index contributed by atoms with van der Waals surface area (Å²) in [7, 11) is 1.25. The number of fused-ring (bicyclic) bond motifs is 5. The number of rotatable bonds is 3. The highest BCUT2D eigenvalue weighted by atomic mass is 35.5. The number of alkyl halides is 2. The Morgan fingerprint density at radius 3 is 2.42 bits per heavy atom. The fraction of sp³-hybridized carbons (Fsp3) is 0.567. The monoisotopic (exact) mass is 544 g/mol. The van der Waals surface area contributed by atoms with Crippen molar-refractivity contribution < 1.29 is 33.4 Å². The van der Waals surface area contributed by atoms with E-state index in [0.29, 0.717) is 12.0 Å². The van der Waals surface area contributed by atoms with Crippen LogP contribution >= 0.6 is 11.6 Å². The van der Waals surface area contributed by atoms with Gasteiger partial charge in [-0.15, -0.1) is 11.6 Å². The average Bonchev–Trinajstić information content (AvgIpc) is 3.09. The van der Waals surface area contributed by atoms with Gasteiger partial charge in [0, 0.05) is 16.7 Å².